The molecule has 0 radical (unpaired) electrons. The van der Waals surface area contributed by atoms with Gasteiger partial charge in [-0.3, -0.25) is 0 Å². The third kappa shape index (κ3) is 4.36. The lowest BCUT2D eigenvalue weighted by Crippen LogP contribution is -2.55. The van der Waals surface area contributed by atoms with Crippen LogP contribution in [0.3, 0.4) is 0 Å². The number of unbranched alkanes of at least 4 members (excludes halogenated alkanes) is 1. The van der Waals surface area contributed by atoms with E-state index >= 15 is 0 Å². The van der Waals surface area contributed by atoms with Gasteiger partial charge in [-0.25, -0.2) is 13.6 Å². The Morgan fingerprint density at radius 2 is 2.20 bits per heavy atom. The van der Waals surface area contributed by atoms with Crippen molar-refractivity contribution >= 4 is 5.97 Å². The summed E-state index contributed by atoms with van der Waals surface area (Å²) >= 11 is 0. The van der Waals surface area contributed by atoms with Crippen LogP contribution in [0.2, 0.25) is 0 Å². The van der Waals surface area contributed by atoms with Gasteiger partial charge in [-0.1, -0.05) is 19.8 Å². The molecule has 1 aliphatic heterocycles. The second-order valence-corrected chi connectivity index (χ2v) is 5.49. The van der Waals surface area contributed by atoms with Crippen LogP contribution in [0.5, 0.6) is 0 Å². The summed E-state index contributed by atoms with van der Waals surface area (Å²) in [5, 5.41) is 0. The number of halogens is 2. The summed E-state index contributed by atoms with van der Waals surface area (Å²) in [5.74, 6) is -1.84. The number of hydrogen-bond acceptors (Lipinski definition) is 5. The molecule has 0 spiro atoms. The lowest BCUT2D eigenvalue weighted by atomic mass is 9.94. The number of carbonyl (C=O) groups excluding carboxylic acids is 1. The normalized spacial score (nSPS) is 24.6. The van der Waals surface area contributed by atoms with Crippen molar-refractivity contribution in [3.05, 3.63) is 0 Å². The predicted molar refractivity (Wildman–Crippen MR) is 68.3 cm³/mol. The summed E-state index contributed by atoms with van der Waals surface area (Å²) in [6.45, 7) is 5.40. The molecule has 20 heavy (non-hydrogen) atoms. The molecular weight excluding hydrogens is 272 g/mol. The fourth-order valence-electron chi connectivity index (χ4n) is 1.92. The molecule has 0 aromatic heterocycles. The molecule has 7 heteroatoms. The fraction of sp³-hybridized carbons (Fsp3) is 0.923. The van der Waals surface area contributed by atoms with Crippen LogP contribution in [0.15, 0.2) is 0 Å². The maximum Gasteiger partial charge on any atom is 0.332 e. The Hall–Kier alpha value is -0.790. The van der Waals surface area contributed by atoms with Gasteiger partial charge in [0.25, 0.3) is 6.43 Å². The molecule has 1 heterocycles. The first-order chi connectivity index (χ1) is 9.21. The predicted octanol–water partition coefficient (Wildman–Crippen LogP) is 1.83. The number of alkyl halides is 2. The van der Waals surface area contributed by atoms with Crippen molar-refractivity contribution in [2.24, 2.45) is 5.73 Å². The smallest absolute Gasteiger partial charge is 0.332 e. The molecule has 0 saturated carbocycles. The minimum Gasteiger partial charge on any atom is -0.461 e. The summed E-state index contributed by atoms with van der Waals surface area (Å²) in [6, 6.07) is 0. The minimum atomic E-state index is -2.96. The van der Waals surface area contributed by atoms with Gasteiger partial charge in [0.05, 0.1) is 6.61 Å². The summed E-state index contributed by atoms with van der Waals surface area (Å²) in [4.78, 5) is 11.8. The molecule has 0 amide bonds. The van der Waals surface area contributed by atoms with E-state index in [1.165, 1.54) is 0 Å². The average molecular weight is 295 g/mol. The molecule has 0 aromatic rings. The van der Waals surface area contributed by atoms with Gasteiger partial charge < -0.3 is 19.9 Å². The summed E-state index contributed by atoms with van der Waals surface area (Å²) in [6.07, 6.45) is -2.41. The third-order valence-corrected chi connectivity index (χ3v) is 3.18. The molecule has 1 saturated heterocycles. The second-order valence-electron chi connectivity index (χ2n) is 5.49. The number of rotatable bonds is 7. The van der Waals surface area contributed by atoms with Crippen LogP contribution in [-0.2, 0) is 19.0 Å². The lowest BCUT2D eigenvalue weighted by Gasteiger charge is -2.26. The second kappa shape index (κ2) is 6.78. The van der Waals surface area contributed by atoms with E-state index in [2.05, 4.69) is 0 Å². The van der Waals surface area contributed by atoms with Gasteiger partial charge in [-0.2, -0.15) is 0 Å². The van der Waals surface area contributed by atoms with Crippen LogP contribution in [-0.4, -0.2) is 43.0 Å². The largest absolute Gasteiger partial charge is 0.461 e. The molecule has 0 aromatic carbocycles. The van der Waals surface area contributed by atoms with Crippen LogP contribution in [0, 0.1) is 0 Å². The zero-order valence-electron chi connectivity index (χ0n) is 12.2. The van der Waals surface area contributed by atoms with Crippen LogP contribution in [0.4, 0.5) is 8.78 Å². The van der Waals surface area contributed by atoms with E-state index in [9.17, 15) is 13.6 Å². The highest BCUT2D eigenvalue weighted by Gasteiger charge is 2.45. The van der Waals surface area contributed by atoms with Crippen LogP contribution < -0.4 is 5.73 Å². The third-order valence-electron chi connectivity index (χ3n) is 3.18. The van der Waals surface area contributed by atoms with E-state index < -0.39 is 29.8 Å². The minimum absolute atomic E-state index is 0.104. The quantitative estimate of drug-likeness (QED) is 0.726. The maximum atomic E-state index is 13.0. The first kappa shape index (κ1) is 17.3. The van der Waals surface area contributed by atoms with Gasteiger partial charge in [-0.05, 0) is 20.3 Å². The van der Waals surface area contributed by atoms with Gasteiger partial charge in [0, 0.05) is 0 Å². The van der Waals surface area contributed by atoms with Crippen molar-refractivity contribution in [2.45, 2.75) is 63.9 Å². The Morgan fingerprint density at radius 3 is 2.65 bits per heavy atom. The molecule has 1 rings (SSSR count). The highest BCUT2D eigenvalue weighted by molar-refractivity contribution is 5.81. The summed E-state index contributed by atoms with van der Waals surface area (Å²) in [7, 11) is 0. The highest BCUT2D eigenvalue weighted by atomic mass is 19.3. The van der Waals surface area contributed by atoms with Crippen LogP contribution >= 0.6 is 0 Å². The van der Waals surface area contributed by atoms with E-state index in [0.29, 0.717) is 12.8 Å². The van der Waals surface area contributed by atoms with Gasteiger partial charge in [0.1, 0.15) is 12.7 Å². The Balaban J connectivity index is 2.51. The van der Waals surface area contributed by atoms with E-state index in [-0.39, 0.29) is 19.6 Å². The number of ether oxygens (including phenoxy) is 3. The fourth-order valence-corrected chi connectivity index (χ4v) is 1.92. The van der Waals surface area contributed by atoms with Gasteiger partial charge in [-0.15, -0.1) is 0 Å². The first-order valence-corrected chi connectivity index (χ1v) is 6.77. The highest BCUT2D eigenvalue weighted by Crippen LogP contribution is 2.25. The number of esters is 1. The van der Waals surface area contributed by atoms with E-state index in [0.717, 1.165) is 0 Å². The zero-order valence-corrected chi connectivity index (χ0v) is 12.2. The molecule has 5 nitrogen and oxygen atoms in total. The molecule has 2 unspecified atom stereocenters. The number of carbonyl (C=O) groups is 1. The Labute approximate surface area is 117 Å². The topological polar surface area (TPSA) is 70.8 Å². The molecular formula is C13H23F2NO4. The van der Waals surface area contributed by atoms with Crippen molar-refractivity contribution in [1.29, 1.82) is 0 Å². The standard InChI is InChI=1S/C13H23F2NO4/c1-4-5-6-13(16,10(14)15)11(17)18-7-9-8-19-12(2,3)20-9/h9-10H,4-8,16H2,1-3H3. The Morgan fingerprint density at radius 1 is 1.55 bits per heavy atom. The zero-order chi connectivity index (χ0) is 15.4. The van der Waals surface area contributed by atoms with Crippen LogP contribution in [0.25, 0.3) is 0 Å². The number of hydrogen-bond donors (Lipinski definition) is 1. The van der Waals surface area contributed by atoms with Crippen molar-refractivity contribution in [3.63, 3.8) is 0 Å². The van der Waals surface area contributed by atoms with Crippen molar-refractivity contribution in [3.8, 4) is 0 Å². The van der Waals surface area contributed by atoms with Crippen molar-refractivity contribution in [2.75, 3.05) is 13.2 Å². The van der Waals surface area contributed by atoms with Gasteiger partial charge >= 0.3 is 5.97 Å². The summed E-state index contributed by atoms with van der Waals surface area (Å²) < 4.78 is 41.6. The SMILES string of the molecule is CCCCC(N)(C(=O)OCC1COC(C)(C)O1)C(F)F. The van der Waals surface area contributed by atoms with E-state index in [4.69, 9.17) is 19.9 Å². The maximum absolute atomic E-state index is 13.0. The molecule has 0 bridgehead atoms. The molecule has 0 aliphatic carbocycles. The average Bonchev–Trinajstić information content (AvgIpc) is 2.72. The Bertz CT molecular complexity index is 338. The lowest BCUT2D eigenvalue weighted by molar-refractivity contribution is -0.167. The molecule has 1 fully saturated rings. The van der Waals surface area contributed by atoms with E-state index in [1.54, 1.807) is 13.8 Å². The molecule has 1 aliphatic rings. The van der Waals surface area contributed by atoms with Gasteiger partial charge in [0.15, 0.2) is 11.3 Å². The van der Waals surface area contributed by atoms with Crippen LogP contribution in [0.1, 0.15) is 40.0 Å². The van der Waals surface area contributed by atoms with Gasteiger partial charge in [0.2, 0.25) is 0 Å². The molecule has 2 N–H and O–H groups in total. The Kier molecular flexibility index (Phi) is 5.85. The molecule has 118 valence electrons. The number of nitrogens with two attached hydrogens (primary N) is 1. The molecule has 2 atom stereocenters. The first-order valence-electron chi connectivity index (χ1n) is 6.77. The van der Waals surface area contributed by atoms with E-state index in [1.807, 2.05) is 6.92 Å². The van der Waals surface area contributed by atoms with Crippen molar-refractivity contribution < 1.29 is 27.8 Å². The monoisotopic (exact) mass is 295 g/mol. The van der Waals surface area contributed by atoms with Crippen molar-refractivity contribution in [1.82, 2.24) is 0 Å². The summed E-state index contributed by atoms with van der Waals surface area (Å²) in [5.41, 5.74) is 3.27.